The maximum absolute atomic E-state index is 12.4. The fraction of sp³-hybridized carbons (Fsp3) is 0.619. The summed E-state index contributed by atoms with van der Waals surface area (Å²) in [5.41, 5.74) is 7.93. The molecule has 1 aliphatic heterocycles. The molecule has 2 aliphatic rings. The van der Waals surface area contributed by atoms with Crippen LogP contribution in [0.15, 0.2) is 24.3 Å². The lowest BCUT2D eigenvalue weighted by atomic mass is 9.85. The first-order valence-corrected chi connectivity index (χ1v) is 10.2. The highest BCUT2D eigenvalue weighted by molar-refractivity contribution is 5.92. The third kappa shape index (κ3) is 7.68. The number of benzene rings is 1. The summed E-state index contributed by atoms with van der Waals surface area (Å²) in [5.74, 6) is -0.0698. The molecule has 3 unspecified atom stereocenters. The molecule has 1 aromatic rings. The summed E-state index contributed by atoms with van der Waals surface area (Å²) in [7, 11) is 0. The van der Waals surface area contributed by atoms with Crippen LogP contribution in [-0.2, 0) is 9.59 Å². The molecular weight excluding hydrogens is 411 g/mol. The fourth-order valence-electron chi connectivity index (χ4n) is 4.12. The van der Waals surface area contributed by atoms with Crippen molar-refractivity contribution in [3.05, 3.63) is 24.3 Å². The Balaban J connectivity index is 0.00000210. The van der Waals surface area contributed by atoms with Crippen LogP contribution in [0.4, 0.5) is 11.4 Å². The number of nitrogens with two attached hydrogens (primary N) is 1. The molecule has 164 valence electrons. The number of halogens is 2. The molecule has 1 aromatic carbocycles. The Morgan fingerprint density at radius 2 is 1.90 bits per heavy atom. The second-order valence-electron chi connectivity index (χ2n) is 8.03. The Morgan fingerprint density at radius 3 is 2.59 bits per heavy atom. The van der Waals surface area contributed by atoms with Gasteiger partial charge >= 0.3 is 0 Å². The predicted octanol–water partition coefficient (Wildman–Crippen LogP) is 3.48. The number of anilines is 2. The number of amides is 2. The van der Waals surface area contributed by atoms with Crippen LogP contribution in [0.1, 0.15) is 51.9 Å². The second kappa shape index (κ2) is 12.3. The van der Waals surface area contributed by atoms with Crippen molar-refractivity contribution in [3.63, 3.8) is 0 Å². The average molecular weight is 445 g/mol. The van der Waals surface area contributed by atoms with Gasteiger partial charge in [0.15, 0.2) is 0 Å². The van der Waals surface area contributed by atoms with Gasteiger partial charge in [-0.05, 0) is 57.2 Å². The van der Waals surface area contributed by atoms with Crippen molar-refractivity contribution in [1.82, 2.24) is 5.32 Å². The molecule has 8 heteroatoms. The molecule has 1 aliphatic carbocycles. The van der Waals surface area contributed by atoms with Crippen molar-refractivity contribution < 1.29 is 9.59 Å². The molecular formula is C21H34Cl2N4O2. The Hall–Kier alpha value is -1.50. The first-order chi connectivity index (χ1) is 13.0. The molecule has 1 saturated heterocycles. The summed E-state index contributed by atoms with van der Waals surface area (Å²) in [4.78, 5) is 27.1. The van der Waals surface area contributed by atoms with E-state index in [2.05, 4.69) is 21.6 Å². The lowest BCUT2D eigenvalue weighted by Crippen LogP contribution is -2.42. The van der Waals surface area contributed by atoms with Gasteiger partial charge in [-0.15, -0.1) is 24.8 Å². The van der Waals surface area contributed by atoms with Gasteiger partial charge in [0.05, 0.1) is 0 Å². The van der Waals surface area contributed by atoms with Crippen LogP contribution in [0.3, 0.4) is 0 Å². The maximum Gasteiger partial charge on any atom is 0.226 e. The molecule has 1 heterocycles. The minimum Gasteiger partial charge on any atom is -0.371 e. The molecule has 6 nitrogen and oxygen atoms in total. The number of hydrogen-bond acceptors (Lipinski definition) is 4. The Labute approximate surface area is 186 Å². The van der Waals surface area contributed by atoms with Crippen LogP contribution in [0, 0.1) is 5.92 Å². The molecule has 3 rings (SSSR count). The molecule has 2 amide bonds. The van der Waals surface area contributed by atoms with E-state index < -0.39 is 0 Å². The van der Waals surface area contributed by atoms with E-state index in [1.807, 2.05) is 25.1 Å². The minimum atomic E-state index is -0.197. The van der Waals surface area contributed by atoms with Crippen molar-refractivity contribution in [2.45, 2.75) is 64.0 Å². The maximum atomic E-state index is 12.4. The van der Waals surface area contributed by atoms with Crippen LogP contribution in [0.25, 0.3) is 0 Å². The highest BCUT2D eigenvalue weighted by atomic mass is 35.5. The van der Waals surface area contributed by atoms with Gasteiger partial charge in [0.1, 0.15) is 0 Å². The molecule has 0 spiro atoms. The van der Waals surface area contributed by atoms with Gasteiger partial charge in [-0.25, -0.2) is 0 Å². The summed E-state index contributed by atoms with van der Waals surface area (Å²) in [6, 6.07) is 7.91. The van der Waals surface area contributed by atoms with Gasteiger partial charge in [-0.1, -0.05) is 12.5 Å². The van der Waals surface area contributed by atoms with Crippen molar-refractivity contribution in [3.8, 4) is 0 Å². The van der Waals surface area contributed by atoms with Crippen LogP contribution in [-0.4, -0.2) is 37.0 Å². The van der Waals surface area contributed by atoms with Gasteiger partial charge in [-0.2, -0.15) is 0 Å². The molecule has 0 aromatic heterocycles. The Morgan fingerprint density at radius 1 is 1.17 bits per heavy atom. The molecule has 4 N–H and O–H groups in total. The first kappa shape index (κ1) is 25.5. The Kier molecular flexibility index (Phi) is 10.8. The number of carbonyl (C=O) groups is 2. The monoisotopic (exact) mass is 444 g/mol. The molecule has 3 atom stereocenters. The van der Waals surface area contributed by atoms with E-state index in [4.69, 9.17) is 5.73 Å². The number of carbonyl (C=O) groups excluding carboxylic acids is 2. The van der Waals surface area contributed by atoms with Crippen LogP contribution in [0.5, 0.6) is 0 Å². The third-order valence-electron chi connectivity index (χ3n) is 5.57. The number of nitrogens with one attached hydrogen (secondary N) is 2. The van der Waals surface area contributed by atoms with E-state index in [-0.39, 0.29) is 61.1 Å². The van der Waals surface area contributed by atoms with Crippen molar-refractivity contribution >= 4 is 48.0 Å². The Bertz CT molecular complexity index is 668. The van der Waals surface area contributed by atoms with Crippen molar-refractivity contribution in [2.24, 2.45) is 11.7 Å². The van der Waals surface area contributed by atoms with Crippen LogP contribution < -0.4 is 21.3 Å². The van der Waals surface area contributed by atoms with Crippen LogP contribution in [0.2, 0.25) is 0 Å². The SMILES string of the molecule is CC(CC(=O)Nc1cccc(N2CCCC2)c1)NC(=O)C1CCCC(N)C1.Cl.Cl. The summed E-state index contributed by atoms with van der Waals surface area (Å²) in [6.45, 7) is 4.03. The summed E-state index contributed by atoms with van der Waals surface area (Å²) in [6.07, 6.45) is 6.34. The highest BCUT2D eigenvalue weighted by Crippen LogP contribution is 2.24. The lowest BCUT2D eigenvalue weighted by molar-refractivity contribution is -0.127. The zero-order valence-electron chi connectivity index (χ0n) is 17.1. The first-order valence-electron chi connectivity index (χ1n) is 10.2. The number of hydrogen-bond donors (Lipinski definition) is 3. The smallest absolute Gasteiger partial charge is 0.226 e. The lowest BCUT2D eigenvalue weighted by Gasteiger charge is -2.27. The number of nitrogens with zero attached hydrogens (tertiary/aromatic N) is 1. The van der Waals surface area contributed by atoms with Crippen molar-refractivity contribution in [1.29, 1.82) is 0 Å². The van der Waals surface area contributed by atoms with E-state index in [0.29, 0.717) is 0 Å². The van der Waals surface area contributed by atoms with E-state index in [1.54, 1.807) is 0 Å². The molecule has 1 saturated carbocycles. The van der Waals surface area contributed by atoms with Gasteiger partial charge < -0.3 is 21.3 Å². The summed E-state index contributed by atoms with van der Waals surface area (Å²) >= 11 is 0. The van der Waals surface area contributed by atoms with Gasteiger partial charge in [0.2, 0.25) is 11.8 Å². The highest BCUT2D eigenvalue weighted by Gasteiger charge is 2.26. The topological polar surface area (TPSA) is 87.5 Å². The van der Waals surface area contributed by atoms with Gasteiger partial charge in [-0.3, -0.25) is 9.59 Å². The average Bonchev–Trinajstić information content (AvgIpc) is 3.16. The van der Waals surface area contributed by atoms with Crippen molar-refractivity contribution in [2.75, 3.05) is 23.3 Å². The largest absolute Gasteiger partial charge is 0.371 e. The predicted molar refractivity (Wildman–Crippen MR) is 123 cm³/mol. The quantitative estimate of drug-likeness (QED) is 0.626. The zero-order chi connectivity index (χ0) is 19.2. The number of rotatable bonds is 6. The second-order valence-corrected chi connectivity index (χ2v) is 8.03. The summed E-state index contributed by atoms with van der Waals surface area (Å²) in [5, 5.41) is 5.94. The molecule has 0 radical (unpaired) electrons. The fourth-order valence-corrected chi connectivity index (χ4v) is 4.12. The van der Waals surface area contributed by atoms with E-state index in [1.165, 1.54) is 12.8 Å². The summed E-state index contributed by atoms with van der Waals surface area (Å²) < 4.78 is 0. The third-order valence-corrected chi connectivity index (χ3v) is 5.57. The molecule has 2 fully saturated rings. The molecule has 0 bridgehead atoms. The van der Waals surface area contributed by atoms with E-state index >= 15 is 0 Å². The van der Waals surface area contributed by atoms with Gasteiger partial charge in [0, 0.05) is 48.9 Å². The molecule has 29 heavy (non-hydrogen) atoms. The van der Waals surface area contributed by atoms with E-state index in [0.717, 1.165) is 50.1 Å². The standard InChI is InChI=1S/C21H32N4O2.2ClH/c1-15(23-21(27)16-6-4-7-17(22)13-16)12-20(26)24-18-8-5-9-19(14-18)25-10-2-3-11-25;;/h5,8-9,14-17H,2-4,6-7,10-13,22H2,1H3,(H,23,27)(H,24,26);2*1H. The minimum absolute atomic E-state index is 0. The van der Waals surface area contributed by atoms with E-state index in [9.17, 15) is 9.59 Å². The van der Waals surface area contributed by atoms with Crippen LogP contribution >= 0.6 is 24.8 Å². The zero-order valence-corrected chi connectivity index (χ0v) is 18.7. The normalized spacial score (nSPS) is 22.1. The van der Waals surface area contributed by atoms with Gasteiger partial charge in [0.25, 0.3) is 0 Å².